The fourth-order valence-electron chi connectivity index (χ4n) is 3.59. The number of anilines is 1. The van der Waals surface area contributed by atoms with E-state index >= 15 is 0 Å². The first-order valence-electron chi connectivity index (χ1n) is 9.01. The van der Waals surface area contributed by atoms with Crippen LogP contribution in [0.2, 0.25) is 5.02 Å². The number of fused-ring (bicyclic) bond motifs is 1. The molecule has 0 bridgehead atoms. The van der Waals surface area contributed by atoms with Crippen LogP contribution in [0, 0.1) is 0 Å². The molecule has 134 valence electrons. The maximum absolute atomic E-state index is 6.29. The van der Waals surface area contributed by atoms with Crippen molar-refractivity contribution in [2.75, 3.05) is 32.0 Å². The summed E-state index contributed by atoms with van der Waals surface area (Å²) in [4.78, 5) is 2.46. The average molecular weight is 363 g/mol. The lowest BCUT2D eigenvalue weighted by Gasteiger charge is -2.25. The molecule has 1 aromatic heterocycles. The largest absolute Gasteiger partial charge is 0.492 e. The van der Waals surface area contributed by atoms with E-state index in [1.54, 1.807) is 6.07 Å². The highest BCUT2D eigenvalue weighted by atomic mass is 35.5. The number of nitrogen functional groups attached to an aromatic ring is 1. The van der Waals surface area contributed by atoms with Gasteiger partial charge in [-0.1, -0.05) is 18.0 Å². The molecular formula is C18H23ClN4O2. The summed E-state index contributed by atoms with van der Waals surface area (Å²) in [6, 6.07) is 1.77. The Morgan fingerprint density at radius 2 is 2.00 bits per heavy atom. The quantitative estimate of drug-likeness (QED) is 0.840. The predicted molar refractivity (Wildman–Crippen MR) is 97.0 cm³/mol. The number of benzene rings is 1. The van der Waals surface area contributed by atoms with Gasteiger partial charge in [0, 0.05) is 18.5 Å². The zero-order chi connectivity index (χ0) is 17.2. The van der Waals surface area contributed by atoms with Crippen molar-refractivity contribution in [3.8, 4) is 17.2 Å². The minimum absolute atomic E-state index is 0.452. The molecule has 2 N–H and O–H groups in total. The second-order valence-corrected chi connectivity index (χ2v) is 7.14. The van der Waals surface area contributed by atoms with Crippen LogP contribution in [0.5, 0.6) is 5.75 Å². The zero-order valence-electron chi connectivity index (χ0n) is 14.3. The van der Waals surface area contributed by atoms with Gasteiger partial charge in [-0.3, -0.25) is 0 Å². The van der Waals surface area contributed by atoms with Crippen LogP contribution in [0.4, 0.5) is 5.69 Å². The number of aromatic nitrogens is 2. The number of nitrogens with two attached hydrogens (primary N) is 1. The minimum atomic E-state index is 0.452. The Morgan fingerprint density at radius 3 is 2.84 bits per heavy atom. The number of hydrogen-bond acceptors (Lipinski definition) is 6. The molecule has 2 aliphatic heterocycles. The fourth-order valence-corrected chi connectivity index (χ4v) is 3.82. The molecule has 2 aliphatic rings. The first-order chi connectivity index (χ1) is 12.2. The number of likely N-dealkylation sites (tertiary alicyclic amines) is 1. The number of piperidine rings is 1. The van der Waals surface area contributed by atoms with E-state index in [2.05, 4.69) is 15.1 Å². The Balaban J connectivity index is 1.54. The van der Waals surface area contributed by atoms with Crippen LogP contribution in [-0.2, 0) is 12.8 Å². The molecule has 0 atom stereocenters. The fraction of sp³-hybridized carbons (Fsp3) is 0.556. The molecule has 0 spiro atoms. The van der Waals surface area contributed by atoms with Gasteiger partial charge in [0.1, 0.15) is 5.75 Å². The van der Waals surface area contributed by atoms with Crippen molar-refractivity contribution >= 4 is 17.3 Å². The second-order valence-electron chi connectivity index (χ2n) is 6.73. The SMILES string of the molecule is Nc1c(Cl)cc(-c2nnc(CCN3CCCCC3)o2)c2c1CCCO2. The summed E-state index contributed by atoms with van der Waals surface area (Å²) >= 11 is 6.29. The summed E-state index contributed by atoms with van der Waals surface area (Å²) in [5.41, 5.74) is 8.38. The van der Waals surface area contributed by atoms with Gasteiger partial charge in [0.2, 0.25) is 5.89 Å². The molecule has 4 rings (SSSR count). The molecule has 2 aromatic rings. The van der Waals surface area contributed by atoms with Crippen molar-refractivity contribution in [1.29, 1.82) is 0 Å². The summed E-state index contributed by atoms with van der Waals surface area (Å²) in [6.45, 7) is 3.95. The van der Waals surface area contributed by atoms with E-state index in [0.717, 1.165) is 55.8 Å². The van der Waals surface area contributed by atoms with Gasteiger partial charge in [0.25, 0.3) is 5.89 Å². The maximum Gasteiger partial charge on any atom is 0.251 e. The van der Waals surface area contributed by atoms with E-state index in [0.29, 0.717) is 29.1 Å². The third-order valence-corrected chi connectivity index (χ3v) is 5.29. The number of rotatable bonds is 4. The molecule has 3 heterocycles. The number of halogens is 1. The molecule has 7 heteroatoms. The van der Waals surface area contributed by atoms with Crippen LogP contribution >= 0.6 is 11.6 Å². The van der Waals surface area contributed by atoms with Gasteiger partial charge in [-0.25, -0.2) is 0 Å². The first kappa shape index (κ1) is 16.7. The monoisotopic (exact) mass is 362 g/mol. The molecule has 0 aliphatic carbocycles. The van der Waals surface area contributed by atoms with Crippen LogP contribution in [0.25, 0.3) is 11.5 Å². The Labute approximate surface area is 152 Å². The van der Waals surface area contributed by atoms with Crippen molar-refractivity contribution in [1.82, 2.24) is 15.1 Å². The third-order valence-electron chi connectivity index (χ3n) is 4.98. The molecule has 1 saturated heterocycles. The minimum Gasteiger partial charge on any atom is -0.492 e. The summed E-state index contributed by atoms with van der Waals surface area (Å²) in [5.74, 6) is 1.84. The Morgan fingerprint density at radius 1 is 1.16 bits per heavy atom. The summed E-state index contributed by atoms with van der Waals surface area (Å²) in [5, 5.41) is 8.93. The van der Waals surface area contributed by atoms with Gasteiger partial charge >= 0.3 is 0 Å². The third kappa shape index (κ3) is 3.46. The molecule has 0 amide bonds. The zero-order valence-corrected chi connectivity index (χ0v) is 15.0. The molecule has 1 aromatic carbocycles. The van der Waals surface area contributed by atoms with Crippen molar-refractivity contribution in [3.63, 3.8) is 0 Å². The highest BCUT2D eigenvalue weighted by molar-refractivity contribution is 6.33. The molecule has 6 nitrogen and oxygen atoms in total. The Kier molecular flexibility index (Phi) is 4.81. The smallest absolute Gasteiger partial charge is 0.251 e. The van der Waals surface area contributed by atoms with Gasteiger partial charge in [-0.2, -0.15) is 0 Å². The van der Waals surface area contributed by atoms with Crippen molar-refractivity contribution in [3.05, 3.63) is 22.5 Å². The molecule has 1 fully saturated rings. The lowest BCUT2D eigenvalue weighted by Crippen LogP contribution is -2.31. The molecule has 0 radical (unpaired) electrons. The van der Waals surface area contributed by atoms with Crippen molar-refractivity contribution < 1.29 is 9.15 Å². The van der Waals surface area contributed by atoms with E-state index in [-0.39, 0.29) is 0 Å². The first-order valence-corrected chi connectivity index (χ1v) is 9.39. The summed E-state index contributed by atoms with van der Waals surface area (Å²) < 4.78 is 11.7. The topological polar surface area (TPSA) is 77.4 Å². The van der Waals surface area contributed by atoms with Gasteiger partial charge in [0.05, 0.1) is 22.9 Å². The molecule has 0 unspecified atom stereocenters. The van der Waals surface area contributed by atoms with E-state index in [1.807, 2.05) is 0 Å². The van der Waals surface area contributed by atoms with Gasteiger partial charge in [0.15, 0.2) is 0 Å². The van der Waals surface area contributed by atoms with E-state index in [1.165, 1.54) is 19.3 Å². The van der Waals surface area contributed by atoms with Gasteiger partial charge in [-0.15, -0.1) is 10.2 Å². The van der Waals surface area contributed by atoms with Gasteiger partial charge in [-0.05, 0) is 44.8 Å². The number of nitrogens with zero attached hydrogens (tertiary/aromatic N) is 3. The lowest BCUT2D eigenvalue weighted by molar-refractivity contribution is 0.226. The average Bonchev–Trinajstić information content (AvgIpc) is 3.13. The molecular weight excluding hydrogens is 340 g/mol. The van der Waals surface area contributed by atoms with Crippen LogP contribution in [0.1, 0.15) is 37.1 Å². The maximum atomic E-state index is 6.29. The van der Waals surface area contributed by atoms with Crippen LogP contribution in [0.3, 0.4) is 0 Å². The summed E-state index contributed by atoms with van der Waals surface area (Å²) in [7, 11) is 0. The lowest BCUT2D eigenvalue weighted by atomic mass is 10.00. The molecule has 0 saturated carbocycles. The second kappa shape index (κ2) is 7.22. The predicted octanol–water partition coefficient (Wildman–Crippen LogP) is 3.33. The molecule has 25 heavy (non-hydrogen) atoms. The van der Waals surface area contributed by atoms with Crippen LogP contribution < -0.4 is 10.5 Å². The van der Waals surface area contributed by atoms with Crippen LogP contribution in [0.15, 0.2) is 10.5 Å². The van der Waals surface area contributed by atoms with Crippen molar-refractivity contribution in [2.45, 2.75) is 38.5 Å². The van der Waals surface area contributed by atoms with Crippen LogP contribution in [-0.4, -0.2) is 41.3 Å². The van der Waals surface area contributed by atoms with E-state index in [4.69, 9.17) is 26.5 Å². The van der Waals surface area contributed by atoms with E-state index < -0.39 is 0 Å². The standard InChI is InChI=1S/C18H23ClN4O2/c19-14-11-13(17-12(16(14)20)5-4-10-24-17)18-22-21-15(25-18)6-9-23-7-2-1-3-8-23/h11H,1-10,20H2. The van der Waals surface area contributed by atoms with Crippen molar-refractivity contribution in [2.24, 2.45) is 0 Å². The van der Waals surface area contributed by atoms with E-state index in [9.17, 15) is 0 Å². The number of hydrogen-bond donors (Lipinski definition) is 1. The Bertz CT molecular complexity index is 756. The highest BCUT2D eigenvalue weighted by Gasteiger charge is 2.24. The highest BCUT2D eigenvalue weighted by Crippen LogP contribution is 2.42. The Hall–Kier alpha value is -1.79. The summed E-state index contributed by atoms with van der Waals surface area (Å²) in [6.07, 6.45) is 6.44. The number of ether oxygens (including phenoxy) is 1. The van der Waals surface area contributed by atoms with Gasteiger partial charge < -0.3 is 19.8 Å². The normalized spacial score (nSPS) is 18.0.